The van der Waals surface area contributed by atoms with Gasteiger partial charge in [0, 0.05) is 36.8 Å². The minimum atomic E-state index is 0.0320. The zero-order chi connectivity index (χ0) is 13.1. The van der Waals surface area contributed by atoms with Crippen molar-refractivity contribution in [1.29, 1.82) is 0 Å². The molecule has 2 rings (SSSR count). The van der Waals surface area contributed by atoms with E-state index in [0.29, 0.717) is 6.01 Å². The number of aryl methyl sites for hydroxylation is 2. The van der Waals surface area contributed by atoms with E-state index >= 15 is 0 Å². The zero-order valence-corrected chi connectivity index (χ0v) is 11.0. The molecular formula is C12H17N5O. The predicted molar refractivity (Wildman–Crippen MR) is 67.4 cm³/mol. The van der Waals surface area contributed by atoms with Gasteiger partial charge in [-0.25, -0.2) is 9.97 Å². The quantitative estimate of drug-likeness (QED) is 0.867. The molecule has 6 nitrogen and oxygen atoms in total. The molecular weight excluding hydrogens is 230 g/mol. The molecule has 0 spiro atoms. The van der Waals surface area contributed by atoms with E-state index in [1.165, 1.54) is 0 Å². The van der Waals surface area contributed by atoms with Crippen LogP contribution in [0.5, 0.6) is 6.01 Å². The summed E-state index contributed by atoms with van der Waals surface area (Å²) >= 11 is 0. The average molecular weight is 247 g/mol. The van der Waals surface area contributed by atoms with Gasteiger partial charge < -0.3 is 10.1 Å². The predicted octanol–water partition coefficient (Wildman–Crippen LogP) is 0.836. The number of methoxy groups -OCH3 is 1. The van der Waals surface area contributed by atoms with E-state index in [1.54, 1.807) is 24.2 Å². The highest BCUT2D eigenvalue weighted by Gasteiger charge is 2.17. The van der Waals surface area contributed by atoms with Crippen LogP contribution >= 0.6 is 0 Å². The SMILES string of the molecule is CNC(c1cnc(OC)nc1)c1cn(C)nc1C. The minimum Gasteiger partial charge on any atom is -0.467 e. The summed E-state index contributed by atoms with van der Waals surface area (Å²) in [6.07, 6.45) is 5.53. The van der Waals surface area contributed by atoms with Crippen LogP contribution in [0.15, 0.2) is 18.6 Å². The maximum Gasteiger partial charge on any atom is 0.316 e. The van der Waals surface area contributed by atoms with Gasteiger partial charge in [-0.15, -0.1) is 0 Å². The monoisotopic (exact) mass is 247 g/mol. The first-order chi connectivity index (χ1) is 8.65. The lowest BCUT2D eigenvalue weighted by Crippen LogP contribution is -2.18. The van der Waals surface area contributed by atoms with Crippen LogP contribution in [0, 0.1) is 6.92 Å². The summed E-state index contributed by atoms with van der Waals surface area (Å²) in [7, 11) is 5.37. The Bertz CT molecular complexity index is 520. The van der Waals surface area contributed by atoms with Crippen molar-refractivity contribution in [2.24, 2.45) is 7.05 Å². The maximum absolute atomic E-state index is 4.96. The van der Waals surface area contributed by atoms with Gasteiger partial charge in [-0.2, -0.15) is 5.10 Å². The van der Waals surface area contributed by atoms with Gasteiger partial charge in [-0.05, 0) is 14.0 Å². The van der Waals surface area contributed by atoms with Gasteiger partial charge >= 0.3 is 6.01 Å². The molecule has 18 heavy (non-hydrogen) atoms. The van der Waals surface area contributed by atoms with E-state index in [0.717, 1.165) is 16.8 Å². The third-order valence-electron chi connectivity index (χ3n) is 2.82. The second-order valence-corrected chi connectivity index (χ2v) is 4.07. The molecule has 0 saturated heterocycles. The van der Waals surface area contributed by atoms with Crippen molar-refractivity contribution in [3.63, 3.8) is 0 Å². The van der Waals surface area contributed by atoms with E-state index in [9.17, 15) is 0 Å². The summed E-state index contributed by atoms with van der Waals surface area (Å²) in [5.41, 5.74) is 3.09. The Morgan fingerprint density at radius 2 is 2.00 bits per heavy atom. The van der Waals surface area contributed by atoms with E-state index < -0.39 is 0 Å². The molecule has 1 atom stereocenters. The van der Waals surface area contributed by atoms with E-state index in [4.69, 9.17) is 4.74 Å². The highest BCUT2D eigenvalue weighted by atomic mass is 16.5. The fraction of sp³-hybridized carbons (Fsp3) is 0.417. The third-order valence-corrected chi connectivity index (χ3v) is 2.82. The molecule has 0 bridgehead atoms. The van der Waals surface area contributed by atoms with Crippen molar-refractivity contribution in [2.75, 3.05) is 14.2 Å². The average Bonchev–Trinajstić information content (AvgIpc) is 2.70. The lowest BCUT2D eigenvalue weighted by atomic mass is 10.0. The molecule has 2 aromatic rings. The molecule has 6 heteroatoms. The van der Waals surface area contributed by atoms with Crippen LogP contribution in [0.2, 0.25) is 0 Å². The highest BCUT2D eigenvalue weighted by Crippen LogP contribution is 2.23. The highest BCUT2D eigenvalue weighted by molar-refractivity contribution is 5.30. The van der Waals surface area contributed by atoms with Gasteiger partial charge in [-0.1, -0.05) is 0 Å². The lowest BCUT2D eigenvalue weighted by molar-refractivity contribution is 0.379. The zero-order valence-electron chi connectivity index (χ0n) is 11.0. The molecule has 0 saturated carbocycles. The number of nitrogens with zero attached hydrogens (tertiary/aromatic N) is 4. The number of rotatable bonds is 4. The maximum atomic E-state index is 4.96. The smallest absolute Gasteiger partial charge is 0.316 e. The number of ether oxygens (including phenoxy) is 1. The molecule has 0 fully saturated rings. The van der Waals surface area contributed by atoms with Crippen LogP contribution in [-0.2, 0) is 7.05 Å². The van der Waals surface area contributed by atoms with Crippen LogP contribution in [0.25, 0.3) is 0 Å². The van der Waals surface area contributed by atoms with Gasteiger partial charge in [0.2, 0.25) is 0 Å². The van der Waals surface area contributed by atoms with Crippen LogP contribution in [-0.4, -0.2) is 33.9 Å². The molecule has 0 amide bonds. The normalized spacial score (nSPS) is 12.4. The first kappa shape index (κ1) is 12.5. The van der Waals surface area contributed by atoms with Crippen LogP contribution in [0.3, 0.4) is 0 Å². The molecule has 0 aliphatic carbocycles. The third kappa shape index (κ3) is 2.33. The summed E-state index contributed by atoms with van der Waals surface area (Å²) < 4.78 is 6.76. The molecule has 0 aliphatic rings. The van der Waals surface area contributed by atoms with E-state index in [1.807, 2.05) is 27.2 Å². The van der Waals surface area contributed by atoms with E-state index in [-0.39, 0.29) is 6.04 Å². The molecule has 96 valence electrons. The Balaban J connectivity index is 2.35. The minimum absolute atomic E-state index is 0.0320. The van der Waals surface area contributed by atoms with Gasteiger partial charge in [-0.3, -0.25) is 4.68 Å². The van der Waals surface area contributed by atoms with Crippen LogP contribution in [0.1, 0.15) is 22.9 Å². The molecule has 1 N–H and O–H groups in total. The molecule has 0 aromatic carbocycles. The largest absolute Gasteiger partial charge is 0.467 e. The van der Waals surface area contributed by atoms with Gasteiger partial charge in [0.25, 0.3) is 0 Å². The number of hydrogen-bond acceptors (Lipinski definition) is 5. The summed E-state index contributed by atoms with van der Waals surface area (Å²) in [4.78, 5) is 8.25. The van der Waals surface area contributed by atoms with Crippen molar-refractivity contribution >= 4 is 0 Å². The molecule has 0 radical (unpaired) electrons. The molecule has 2 aromatic heterocycles. The first-order valence-electron chi connectivity index (χ1n) is 5.69. The Hall–Kier alpha value is -1.95. The number of hydrogen-bond donors (Lipinski definition) is 1. The molecule has 0 aliphatic heterocycles. The van der Waals surface area contributed by atoms with Crippen LogP contribution < -0.4 is 10.1 Å². The summed E-state index contributed by atoms with van der Waals surface area (Å²) in [5.74, 6) is 0. The van der Waals surface area contributed by atoms with Crippen molar-refractivity contribution in [1.82, 2.24) is 25.1 Å². The Kier molecular flexibility index (Phi) is 3.57. The van der Waals surface area contributed by atoms with Crippen molar-refractivity contribution in [3.05, 3.63) is 35.4 Å². The molecule has 2 heterocycles. The molecule has 1 unspecified atom stereocenters. The number of nitrogens with one attached hydrogen (secondary N) is 1. The first-order valence-corrected chi connectivity index (χ1v) is 5.69. The second-order valence-electron chi connectivity index (χ2n) is 4.07. The van der Waals surface area contributed by atoms with E-state index in [2.05, 4.69) is 20.4 Å². The Morgan fingerprint density at radius 1 is 1.33 bits per heavy atom. The van der Waals surface area contributed by atoms with Crippen LogP contribution in [0.4, 0.5) is 0 Å². The Labute approximate surface area is 106 Å². The fourth-order valence-electron chi connectivity index (χ4n) is 1.98. The number of aromatic nitrogens is 4. The Morgan fingerprint density at radius 3 is 2.44 bits per heavy atom. The van der Waals surface area contributed by atoms with Gasteiger partial charge in [0.05, 0.1) is 18.8 Å². The summed E-state index contributed by atoms with van der Waals surface area (Å²) in [6, 6.07) is 0.404. The van der Waals surface area contributed by atoms with Gasteiger partial charge in [0.1, 0.15) is 0 Å². The van der Waals surface area contributed by atoms with Crippen molar-refractivity contribution < 1.29 is 4.74 Å². The second kappa shape index (κ2) is 5.14. The van der Waals surface area contributed by atoms with Crippen molar-refractivity contribution in [2.45, 2.75) is 13.0 Å². The standard InChI is InChI=1S/C12H17N5O/c1-8-10(7-17(3)16-8)11(13-2)9-5-14-12(18-4)15-6-9/h5-7,11,13H,1-4H3. The summed E-state index contributed by atoms with van der Waals surface area (Å²) in [6.45, 7) is 1.99. The summed E-state index contributed by atoms with van der Waals surface area (Å²) in [5, 5.41) is 7.60. The topological polar surface area (TPSA) is 64.9 Å². The van der Waals surface area contributed by atoms with Crippen molar-refractivity contribution in [3.8, 4) is 6.01 Å². The van der Waals surface area contributed by atoms with Gasteiger partial charge in [0.15, 0.2) is 0 Å². The lowest BCUT2D eigenvalue weighted by Gasteiger charge is -2.15. The fourth-order valence-corrected chi connectivity index (χ4v) is 1.98.